The lowest BCUT2D eigenvalue weighted by Crippen LogP contribution is -2.09. The summed E-state index contributed by atoms with van der Waals surface area (Å²) >= 11 is 0. The van der Waals surface area contributed by atoms with Gasteiger partial charge in [0.2, 0.25) is 0 Å². The van der Waals surface area contributed by atoms with E-state index in [1.54, 1.807) is 54.3 Å². The maximum Gasteiger partial charge on any atom is 0.341 e. The van der Waals surface area contributed by atoms with E-state index in [0.717, 1.165) is 11.3 Å². The topological polar surface area (TPSA) is 95.6 Å². The highest BCUT2D eigenvalue weighted by Gasteiger charge is 2.16. The van der Waals surface area contributed by atoms with E-state index < -0.39 is 11.8 Å². The number of aryl methyl sites for hydroxylation is 1. The Kier molecular flexibility index (Phi) is 5.84. The van der Waals surface area contributed by atoms with Gasteiger partial charge in [0.15, 0.2) is 17.3 Å². The maximum absolute atomic E-state index is 15.1. The molecule has 0 radical (unpaired) electrons. The molecule has 0 spiro atoms. The van der Waals surface area contributed by atoms with Gasteiger partial charge in [0.1, 0.15) is 16.9 Å². The predicted octanol–water partition coefficient (Wildman–Crippen LogP) is 4.98. The van der Waals surface area contributed by atoms with E-state index in [0.29, 0.717) is 17.0 Å². The molecule has 0 aliphatic rings. The van der Waals surface area contributed by atoms with E-state index in [2.05, 4.69) is 20.4 Å². The van der Waals surface area contributed by atoms with E-state index >= 15 is 4.39 Å². The number of hydrogen-bond donors (Lipinski definition) is 1. The lowest BCUT2D eigenvalue weighted by molar-refractivity contribution is 0.0527. The highest BCUT2D eigenvalue weighted by atomic mass is 19.1. The number of ether oxygens (including phenoxy) is 2. The van der Waals surface area contributed by atoms with Gasteiger partial charge in [0, 0.05) is 43.0 Å². The number of imidazole rings is 1. The molecule has 0 aliphatic carbocycles. The fourth-order valence-electron chi connectivity index (χ4n) is 3.58. The Morgan fingerprint density at radius 3 is 2.74 bits per heavy atom. The highest BCUT2D eigenvalue weighted by molar-refractivity contribution is 5.95. The molecule has 176 valence electrons. The Hall–Kier alpha value is -4.73. The maximum atomic E-state index is 15.1. The average Bonchev–Trinajstić information content (AvgIpc) is 3.50. The normalized spacial score (nSPS) is 10.9. The molecular formula is C25H21FN6O3. The molecular weight excluding hydrogens is 451 g/mol. The molecule has 4 heterocycles. The van der Waals surface area contributed by atoms with Crippen molar-refractivity contribution in [2.24, 2.45) is 7.05 Å². The van der Waals surface area contributed by atoms with Crippen LogP contribution in [0.15, 0.2) is 73.6 Å². The van der Waals surface area contributed by atoms with E-state index in [9.17, 15) is 4.79 Å². The molecule has 35 heavy (non-hydrogen) atoms. The number of anilines is 2. The molecule has 5 aromatic rings. The fraction of sp³-hybridized carbons (Fsp3) is 0.120. The third kappa shape index (κ3) is 4.54. The quantitative estimate of drug-likeness (QED) is 0.334. The van der Waals surface area contributed by atoms with Crippen LogP contribution in [0.1, 0.15) is 17.3 Å². The molecule has 0 bridgehead atoms. The van der Waals surface area contributed by atoms with Crippen LogP contribution in [0.5, 0.6) is 11.5 Å². The number of rotatable bonds is 7. The molecule has 9 nitrogen and oxygen atoms in total. The summed E-state index contributed by atoms with van der Waals surface area (Å²) < 4.78 is 29.6. The lowest BCUT2D eigenvalue weighted by atomic mass is 10.2. The van der Waals surface area contributed by atoms with Crippen molar-refractivity contribution >= 4 is 23.0 Å². The summed E-state index contributed by atoms with van der Waals surface area (Å²) in [5, 5.41) is 7.26. The second-order valence-electron chi connectivity index (χ2n) is 7.67. The molecule has 0 saturated carbocycles. The molecule has 0 unspecified atom stereocenters. The number of halogens is 1. The molecule has 1 N–H and O–H groups in total. The van der Waals surface area contributed by atoms with Crippen LogP contribution >= 0.6 is 0 Å². The van der Waals surface area contributed by atoms with Gasteiger partial charge in [-0.05, 0) is 43.3 Å². The van der Waals surface area contributed by atoms with E-state index in [1.165, 1.54) is 18.3 Å². The van der Waals surface area contributed by atoms with Gasteiger partial charge in [-0.15, -0.1) is 0 Å². The summed E-state index contributed by atoms with van der Waals surface area (Å²) in [5.74, 6) is -0.378. The van der Waals surface area contributed by atoms with Crippen LogP contribution in [0.2, 0.25) is 0 Å². The van der Waals surface area contributed by atoms with Crippen LogP contribution in [-0.2, 0) is 11.8 Å². The van der Waals surface area contributed by atoms with Crippen molar-refractivity contribution in [3.05, 3.63) is 85.0 Å². The first kappa shape index (κ1) is 22.1. The molecule has 10 heteroatoms. The zero-order valence-corrected chi connectivity index (χ0v) is 19.0. The summed E-state index contributed by atoms with van der Waals surface area (Å²) in [5.41, 5.74) is 2.85. The van der Waals surface area contributed by atoms with Crippen molar-refractivity contribution in [3.8, 4) is 22.8 Å². The molecule has 0 saturated heterocycles. The number of carbonyl (C=O) groups excluding carboxylic acids is 1. The number of benzene rings is 1. The molecule has 1 aromatic carbocycles. The van der Waals surface area contributed by atoms with Crippen LogP contribution in [0, 0.1) is 5.82 Å². The minimum absolute atomic E-state index is 0.0310. The number of nitrogens with one attached hydrogen (secondary N) is 1. The summed E-state index contributed by atoms with van der Waals surface area (Å²) in [6, 6.07) is 11.2. The van der Waals surface area contributed by atoms with Gasteiger partial charge in [0.25, 0.3) is 0 Å². The Morgan fingerprint density at radius 2 is 1.97 bits per heavy atom. The predicted molar refractivity (Wildman–Crippen MR) is 127 cm³/mol. The first-order valence-electron chi connectivity index (χ1n) is 10.8. The van der Waals surface area contributed by atoms with Crippen LogP contribution in [0.3, 0.4) is 0 Å². The molecule has 5 rings (SSSR count). The monoisotopic (exact) mass is 472 g/mol. The molecule has 0 amide bonds. The highest BCUT2D eigenvalue weighted by Crippen LogP contribution is 2.33. The second-order valence-corrected chi connectivity index (χ2v) is 7.67. The average molecular weight is 472 g/mol. The van der Waals surface area contributed by atoms with Crippen LogP contribution < -0.4 is 10.1 Å². The third-order valence-electron chi connectivity index (χ3n) is 5.19. The van der Waals surface area contributed by atoms with Gasteiger partial charge in [-0.2, -0.15) is 5.10 Å². The van der Waals surface area contributed by atoms with Crippen LogP contribution in [0.25, 0.3) is 16.8 Å². The SMILES string of the molecule is CCOC(=O)c1cccnc1Nc1ccc(Oc2cc(-c3cn(C)cn3)cn3nccc23)c(F)c1. The van der Waals surface area contributed by atoms with Crippen LogP contribution in [0.4, 0.5) is 15.9 Å². The van der Waals surface area contributed by atoms with Gasteiger partial charge >= 0.3 is 5.97 Å². The van der Waals surface area contributed by atoms with Crippen LogP contribution in [-0.4, -0.2) is 36.7 Å². The summed E-state index contributed by atoms with van der Waals surface area (Å²) in [6.07, 6.45) is 8.58. The third-order valence-corrected chi connectivity index (χ3v) is 5.19. The zero-order chi connectivity index (χ0) is 24.4. The van der Waals surface area contributed by atoms with Gasteiger partial charge in [-0.25, -0.2) is 23.7 Å². The molecule has 0 aliphatic heterocycles. The number of hydrogen-bond acceptors (Lipinski definition) is 7. The summed E-state index contributed by atoms with van der Waals surface area (Å²) in [4.78, 5) is 20.7. The number of nitrogens with zero attached hydrogens (tertiary/aromatic N) is 5. The Morgan fingerprint density at radius 1 is 1.09 bits per heavy atom. The van der Waals surface area contributed by atoms with Crippen molar-refractivity contribution in [2.75, 3.05) is 11.9 Å². The van der Waals surface area contributed by atoms with E-state index in [1.807, 2.05) is 24.0 Å². The fourth-order valence-corrected chi connectivity index (χ4v) is 3.58. The zero-order valence-electron chi connectivity index (χ0n) is 19.0. The number of carbonyl (C=O) groups is 1. The van der Waals surface area contributed by atoms with Crippen molar-refractivity contribution in [3.63, 3.8) is 0 Å². The minimum Gasteiger partial charge on any atom is -0.462 e. The van der Waals surface area contributed by atoms with Crippen molar-refractivity contribution in [1.82, 2.24) is 24.1 Å². The second kappa shape index (κ2) is 9.26. The first-order chi connectivity index (χ1) is 17.0. The molecule has 0 atom stereocenters. The number of fused-ring (bicyclic) bond motifs is 1. The van der Waals surface area contributed by atoms with Crippen molar-refractivity contribution in [2.45, 2.75) is 6.92 Å². The largest absolute Gasteiger partial charge is 0.462 e. The number of esters is 1. The lowest BCUT2D eigenvalue weighted by Gasteiger charge is -2.13. The standard InChI is InChI=1S/C25H21FN6O3/c1-3-34-25(33)18-5-4-9-27-24(18)30-17-6-7-22(19(26)12-17)35-23-11-16(20-14-31(2)15-28-20)13-32-21(23)8-10-29-32/h4-15H,3H2,1-2H3,(H,27,30). The Bertz CT molecular complexity index is 1530. The number of pyridine rings is 2. The van der Waals surface area contributed by atoms with Crippen molar-refractivity contribution < 1.29 is 18.7 Å². The summed E-state index contributed by atoms with van der Waals surface area (Å²) in [6.45, 7) is 1.96. The molecule has 4 aromatic heterocycles. The summed E-state index contributed by atoms with van der Waals surface area (Å²) in [7, 11) is 1.88. The first-order valence-corrected chi connectivity index (χ1v) is 10.8. The van der Waals surface area contributed by atoms with Crippen molar-refractivity contribution in [1.29, 1.82) is 0 Å². The van der Waals surface area contributed by atoms with E-state index in [4.69, 9.17) is 9.47 Å². The Balaban J connectivity index is 1.43. The smallest absolute Gasteiger partial charge is 0.341 e. The number of aromatic nitrogens is 5. The van der Waals surface area contributed by atoms with E-state index in [-0.39, 0.29) is 23.7 Å². The Labute approximate surface area is 199 Å². The minimum atomic E-state index is -0.593. The van der Waals surface area contributed by atoms with Gasteiger partial charge in [-0.3, -0.25) is 0 Å². The molecule has 0 fully saturated rings. The van der Waals surface area contributed by atoms with Gasteiger partial charge in [0.05, 0.1) is 24.8 Å². The van der Waals surface area contributed by atoms with Gasteiger partial charge < -0.3 is 19.4 Å². The van der Waals surface area contributed by atoms with Gasteiger partial charge in [-0.1, -0.05) is 0 Å².